The van der Waals surface area contributed by atoms with Crippen molar-refractivity contribution in [3.8, 4) is 0 Å². The predicted molar refractivity (Wildman–Crippen MR) is 86.2 cm³/mol. The second-order valence-electron chi connectivity index (χ2n) is 5.35. The Balaban J connectivity index is 2.49. The highest BCUT2D eigenvalue weighted by atomic mass is 32.1. The van der Waals surface area contributed by atoms with E-state index in [1.165, 1.54) is 22.7 Å². The van der Waals surface area contributed by atoms with E-state index in [2.05, 4.69) is 10.2 Å². The summed E-state index contributed by atoms with van der Waals surface area (Å²) in [6, 6.07) is 0. The summed E-state index contributed by atoms with van der Waals surface area (Å²) in [6.07, 6.45) is 3.40. The highest BCUT2D eigenvalue weighted by Gasteiger charge is 2.29. The van der Waals surface area contributed by atoms with Crippen molar-refractivity contribution >= 4 is 33.8 Å². The molecule has 1 saturated heterocycles. The highest BCUT2D eigenvalue weighted by molar-refractivity contribution is 7.19. The first kappa shape index (κ1) is 15.6. The van der Waals surface area contributed by atoms with Gasteiger partial charge in [0, 0.05) is 34.2 Å². The number of carbonyl (C=O) groups excluding carboxylic acids is 2. The molecule has 2 rings (SSSR count). The third-order valence-corrected chi connectivity index (χ3v) is 4.88. The van der Waals surface area contributed by atoms with Crippen molar-refractivity contribution in [2.45, 2.75) is 19.3 Å². The Labute approximate surface area is 128 Å². The lowest BCUT2D eigenvalue weighted by Crippen LogP contribution is -2.31. The highest BCUT2D eigenvalue weighted by Crippen LogP contribution is 2.39. The number of nitrogen functional groups attached to an aromatic ring is 1. The van der Waals surface area contributed by atoms with Crippen LogP contribution >= 0.6 is 11.3 Å². The standard InChI is InChI=1S/C14H22N4O2S/c1-16-12(19)9-10(15)11(13(20)17(2)3)21-14(9)18-7-5-4-6-8-18/h4-8,15H2,1-3H3,(H,16,19). The summed E-state index contributed by atoms with van der Waals surface area (Å²) in [6.45, 7) is 1.80. The van der Waals surface area contributed by atoms with Gasteiger partial charge in [0.2, 0.25) is 0 Å². The number of rotatable bonds is 3. The molecule has 1 fully saturated rings. The molecule has 2 heterocycles. The molecule has 0 spiro atoms. The minimum atomic E-state index is -0.234. The fourth-order valence-corrected chi connectivity index (χ4v) is 3.75. The molecular weight excluding hydrogens is 288 g/mol. The van der Waals surface area contributed by atoms with E-state index < -0.39 is 0 Å². The molecular formula is C14H22N4O2S. The van der Waals surface area contributed by atoms with E-state index in [9.17, 15) is 9.59 Å². The molecule has 21 heavy (non-hydrogen) atoms. The fraction of sp³-hybridized carbons (Fsp3) is 0.571. The number of hydrogen-bond donors (Lipinski definition) is 2. The van der Waals surface area contributed by atoms with Gasteiger partial charge in [-0.2, -0.15) is 0 Å². The van der Waals surface area contributed by atoms with Gasteiger partial charge in [-0.15, -0.1) is 11.3 Å². The van der Waals surface area contributed by atoms with Crippen molar-refractivity contribution in [1.82, 2.24) is 10.2 Å². The van der Waals surface area contributed by atoms with Crippen molar-refractivity contribution in [2.75, 3.05) is 44.9 Å². The number of nitrogens with two attached hydrogens (primary N) is 1. The number of hydrogen-bond acceptors (Lipinski definition) is 5. The lowest BCUT2D eigenvalue weighted by atomic mass is 10.1. The SMILES string of the molecule is CNC(=O)c1c(N2CCCCC2)sc(C(=O)N(C)C)c1N. The zero-order valence-corrected chi connectivity index (χ0v) is 13.5. The van der Waals surface area contributed by atoms with Gasteiger partial charge in [0.05, 0.1) is 11.3 Å². The second-order valence-corrected chi connectivity index (χ2v) is 6.35. The first-order valence-corrected chi connectivity index (χ1v) is 7.90. The van der Waals surface area contributed by atoms with Gasteiger partial charge in [-0.25, -0.2) is 0 Å². The molecule has 2 amide bonds. The Morgan fingerprint density at radius 2 is 1.86 bits per heavy atom. The number of piperidine rings is 1. The number of amides is 2. The van der Waals surface area contributed by atoms with Crippen LogP contribution in [0.25, 0.3) is 0 Å². The van der Waals surface area contributed by atoms with Crippen molar-refractivity contribution < 1.29 is 9.59 Å². The number of nitrogens with zero attached hydrogens (tertiary/aromatic N) is 2. The van der Waals surface area contributed by atoms with Crippen molar-refractivity contribution in [1.29, 1.82) is 0 Å². The smallest absolute Gasteiger partial charge is 0.265 e. The van der Waals surface area contributed by atoms with E-state index in [0.717, 1.165) is 30.9 Å². The quantitative estimate of drug-likeness (QED) is 0.884. The van der Waals surface area contributed by atoms with Gasteiger partial charge in [-0.3, -0.25) is 9.59 Å². The van der Waals surface area contributed by atoms with E-state index in [-0.39, 0.29) is 11.8 Å². The lowest BCUT2D eigenvalue weighted by molar-refractivity contribution is 0.0833. The van der Waals surface area contributed by atoms with Crippen LogP contribution in [0.4, 0.5) is 10.7 Å². The first-order chi connectivity index (χ1) is 9.97. The largest absolute Gasteiger partial charge is 0.397 e. The minimum Gasteiger partial charge on any atom is -0.397 e. The molecule has 6 nitrogen and oxygen atoms in total. The zero-order chi connectivity index (χ0) is 15.6. The van der Waals surface area contributed by atoms with Gasteiger partial charge in [0.1, 0.15) is 9.88 Å². The molecule has 7 heteroatoms. The average molecular weight is 310 g/mol. The van der Waals surface area contributed by atoms with Crippen LogP contribution in [0.15, 0.2) is 0 Å². The number of anilines is 2. The summed E-state index contributed by atoms with van der Waals surface area (Å²) in [5.41, 5.74) is 6.83. The van der Waals surface area contributed by atoms with Crippen molar-refractivity contribution in [3.63, 3.8) is 0 Å². The molecule has 3 N–H and O–H groups in total. The topological polar surface area (TPSA) is 78.7 Å². The molecule has 0 bridgehead atoms. The number of nitrogens with one attached hydrogen (secondary N) is 1. The molecule has 0 saturated carbocycles. The van der Waals surface area contributed by atoms with Crippen LogP contribution < -0.4 is 16.0 Å². The minimum absolute atomic E-state index is 0.161. The van der Waals surface area contributed by atoms with Crippen LogP contribution in [0, 0.1) is 0 Å². The van der Waals surface area contributed by atoms with Crippen LogP contribution in [0.3, 0.4) is 0 Å². The van der Waals surface area contributed by atoms with Crippen LogP contribution in [-0.2, 0) is 0 Å². The van der Waals surface area contributed by atoms with Crippen LogP contribution in [-0.4, -0.2) is 50.9 Å². The molecule has 0 aliphatic carbocycles. The van der Waals surface area contributed by atoms with Crippen molar-refractivity contribution in [2.24, 2.45) is 0 Å². The van der Waals surface area contributed by atoms with E-state index in [0.29, 0.717) is 16.1 Å². The average Bonchev–Trinajstić information content (AvgIpc) is 2.84. The molecule has 0 aromatic carbocycles. The normalized spacial score (nSPS) is 14.9. The van der Waals surface area contributed by atoms with Crippen LogP contribution in [0.2, 0.25) is 0 Å². The third-order valence-electron chi connectivity index (χ3n) is 3.62. The molecule has 0 atom stereocenters. The van der Waals surface area contributed by atoms with Gasteiger partial charge < -0.3 is 20.9 Å². The molecule has 116 valence electrons. The molecule has 1 aromatic rings. The molecule has 1 aliphatic rings. The van der Waals surface area contributed by atoms with E-state index in [1.54, 1.807) is 21.1 Å². The van der Waals surface area contributed by atoms with Crippen LogP contribution in [0.1, 0.15) is 39.3 Å². The monoisotopic (exact) mass is 310 g/mol. The fourth-order valence-electron chi connectivity index (χ4n) is 2.46. The summed E-state index contributed by atoms with van der Waals surface area (Å²) in [5.74, 6) is -0.395. The van der Waals surface area contributed by atoms with Gasteiger partial charge >= 0.3 is 0 Å². The third kappa shape index (κ3) is 2.97. The Bertz CT molecular complexity index is 547. The molecule has 0 radical (unpaired) electrons. The van der Waals surface area contributed by atoms with E-state index in [1.807, 2.05) is 0 Å². The second kappa shape index (κ2) is 6.34. The maximum Gasteiger partial charge on any atom is 0.265 e. The van der Waals surface area contributed by atoms with Gasteiger partial charge in [0.25, 0.3) is 11.8 Å². The maximum absolute atomic E-state index is 12.2. The summed E-state index contributed by atoms with van der Waals surface area (Å²) in [7, 11) is 4.94. The van der Waals surface area contributed by atoms with Gasteiger partial charge in [0.15, 0.2) is 0 Å². The van der Waals surface area contributed by atoms with E-state index >= 15 is 0 Å². The predicted octanol–water partition coefficient (Wildman–Crippen LogP) is 1.38. The first-order valence-electron chi connectivity index (χ1n) is 7.08. The van der Waals surface area contributed by atoms with Gasteiger partial charge in [-0.05, 0) is 19.3 Å². The zero-order valence-electron chi connectivity index (χ0n) is 12.7. The van der Waals surface area contributed by atoms with Gasteiger partial charge in [-0.1, -0.05) is 0 Å². The summed E-state index contributed by atoms with van der Waals surface area (Å²) < 4.78 is 0. The number of thiophene rings is 1. The Morgan fingerprint density at radius 1 is 1.24 bits per heavy atom. The Hall–Kier alpha value is -1.76. The molecule has 1 aliphatic heterocycles. The van der Waals surface area contributed by atoms with Crippen molar-refractivity contribution in [3.05, 3.63) is 10.4 Å². The lowest BCUT2D eigenvalue weighted by Gasteiger charge is -2.28. The Kier molecular flexibility index (Phi) is 4.72. The van der Waals surface area contributed by atoms with E-state index in [4.69, 9.17) is 5.73 Å². The summed E-state index contributed by atoms with van der Waals surface area (Å²) in [5, 5.41) is 3.44. The molecule has 1 aromatic heterocycles. The summed E-state index contributed by atoms with van der Waals surface area (Å²) in [4.78, 5) is 28.5. The number of carbonyl (C=O) groups is 2. The Morgan fingerprint density at radius 3 is 2.38 bits per heavy atom. The summed E-state index contributed by atoms with van der Waals surface area (Å²) >= 11 is 1.32. The maximum atomic E-state index is 12.2. The molecule has 0 unspecified atom stereocenters. The van der Waals surface area contributed by atoms with Crippen LogP contribution in [0.5, 0.6) is 0 Å².